The van der Waals surface area contributed by atoms with Gasteiger partial charge in [0.25, 0.3) is 0 Å². The number of anilines is 1. The van der Waals surface area contributed by atoms with Crippen molar-refractivity contribution < 1.29 is 9.90 Å². The smallest absolute Gasteiger partial charge is 0.303 e. The number of fused-ring (bicyclic) bond motifs is 1. The van der Waals surface area contributed by atoms with Crippen molar-refractivity contribution >= 4 is 22.4 Å². The third-order valence-corrected chi connectivity index (χ3v) is 2.67. The molecular weight excluding hydrogens is 202 g/mol. The van der Waals surface area contributed by atoms with E-state index >= 15 is 0 Å². The zero-order chi connectivity index (χ0) is 11.5. The van der Waals surface area contributed by atoms with Gasteiger partial charge in [0.05, 0.1) is 0 Å². The van der Waals surface area contributed by atoms with Crippen molar-refractivity contribution in [1.29, 1.82) is 0 Å². The number of benzene rings is 2. The average molecular weight is 215 g/mol. The first-order valence-corrected chi connectivity index (χ1v) is 5.16. The van der Waals surface area contributed by atoms with Crippen LogP contribution in [-0.4, -0.2) is 11.1 Å². The van der Waals surface area contributed by atoms with Crippen molar-refractivity contribution in [2.45, 2.75) is 12.8 Å². The first kappa shape index (κ1) is 10.5. The molecule has 0 amide bonds. The van der Waals surface area contributed by atoms with Gasteiger partial charge in [0.15, 0.2) is 0 Å². The van der Waals surface area contributed by atoms with Gasteiger partial charge in [-0.1, -0.05) is 30.3 Å². The van der Waals surface area contributed by atoms with E-state index in [1.165, 1.54) is 0 Å². The van der Waals surface area contributed by atoms with Crippen LogP contribution in [0.2, 0.25) is 0 Å². The summed E-state index contributed by atoms with van der Waals surface area (Å²) in [4.78, 5) is 10.6. The molecule has 0 radical (unpaired) electrons. The summed E-state index contributed by atoms with van der Waals surface area (Å²) in [5.41, 5.74) is 7.48. The number of aliphatic carboxylic acids is 1. The highest BCUT2D eigenvalue weighted by atomic mass is 16.4. The lowest BCUT2D eigenvalue weighted by Gasteiger charge is -2.08. The van der Waals surface area contributed by atoms with Crippen molar-refractivity contribution in [2.24, 2.45) is 0 Å². The van der Waals surface area contributed by atoms with E-state index in [1.807, 2.05) is 36.4 Å². The fourth-order valence-electron chi connectivity index (χ4n) is 1.86. The summed E-state index contributed by atoms with van der Waals surface area (Å²) >= 11 is 0. The Kier molecular flexibility index (Phi) is 2.77. The Morgan fingerprint density at radius 3 is 2.69 bits per heavy atom. The Morgan fingerprint density at radius 2 is 1.94 bits per heavy atom. The Bertz CT molecular complexity index is 534. The molecule has 0 bridgehead atoms. The fraction of sp³-hybridized carbons (Fsp3) is 0.154. The summed E-state index contributed by atoms with van der Waals surface area (Å²) in [6.07, 6.45) is 0.584. The number of rotatable bonds is 3. The molecule has 3 nitrogen and oxygen atoms in total. The summed E-state index contributed by atoms with van der Waals surface area (Å²) in [6, 6.07) is 11.7. The second kappa shape index (κ2) is 4.23. The SMILES string of the molecule is Nc1ccc2ccccc2c1CCC(=O)O. The third-order valence-electron chi connectivity index (χ3n) is 2.67. The van der Waals surface area contributed by atoms with E-state index in [2.05, 4.69) is 0 Å². The lowest BCUT2D eigenvalue weighted by atomic mass is 9.99. The highest BCUT2D eigenvalue weighted by Gasteiger charge is 2.07. The number of carboxylic acids is 1. The highest BCUT2D eigenvalue weighted by molar-refractivity contribution is 5.90. The van der Waals surface area contributed by atoms with Crippen molar-refractivity contribution in [3.8, 4) is 0 Å². The monoisotopic (exact) mass is 215 g/mol. The minimum atomic E-state index is -0.799. The Morgan fingerprint density at radius 1 is 1.19 bits per heavy atom. The first-order valence-electron chi connectivity index (χ1n) is 5.16. The predicted molar refractivity (Wildman–Crippen MR) is 64.3 cm³/mol. The second-order valence-corrected chi connectivity index (χ2v) is 3.75. The van der Waals surface area contributed by atoms with Crippen molar-refractivity contribution in [3.63, 3.8) is 0 Å². The van der Waals surface area contributed by atoms with Gasteiger partial charge in [0.2, 0.25) is 0 Å². The van der Waals surface area contributed by atoms with Crippen LogP contribution in [0, 0.1) is 0 Å². The van der Waals surface area contributed by atoms with Crippen LogP contribution in [0.5, 0.6) is 0 Å². The number of carboxylic acid groups (broad SMARTS) is 1. The van der Waals surface area contributed by atoms with Crippen LogP contribution in [0.25, 0.3) is 10.8 Å². The van der Waals surface area contributed by atoms with Crippen LogP contribution < -0.4 is 5.73 Å². The highest BCUT2D eigenvalue weighted by Crippen LogP contribution is 2.25. The van der Waals surface area contributed by atoms with Gasteiger partial charge in [-0.25, -0.2) is 0 Å². The summed E-state index contributed by atoms with van der Waals surface area (Å²) in [7, 11) is 0. The average Bonchev–Trinajstić information content (AvgIpc) is 2.27. The molecule has 2 aromatic rings. The van der Waals surface area contributed by atoms with Crippen LogP contribution in [0.1, 0.15) is 12.0 Å². The van der Waals surface area contributed by atoms with Crippen LogP contribution in [-0.2, 0) is 11.2 Å². The maximum atomic E-state index is 10.6. The number of hydrogen-bond acceptors (Lipinski definition) is 2. The van der Waals surface area contributed by atoms with Gasteiger partial charge >= 0.3 is 5.97 Å². The summed E-state index contributed by atoms with van der Waals surface area (Å²) in [5, 5.41) is 10.8. The largest absolute Gasteiger partial charge is 0.481 e. The molecule has 3 N–H and O–H groups in total. The van der Waals surface area contributed by atoms with Crippen molar-refractivity contribution in [1.82, 2.24) is 0 Å². The molecule has 0 heterocycles. The molecule has 0 spiro atoms. The predicted octanol–water partition coefficient (Wildman–Crippen LogP) is 2.44. The molecule has 0 atom stereocenters. The topological polar surface area (TPSA) is 63.3 Å². The minimum Gasteiger partial charge on any atom is -0.481 e. The summed E-state index contributed by atoms with van der Waals surface area (Å²) in [5.74, 6) is -0.799. The molecule has 16 heavy (non-hydrogen) atoms. The first-order chi connectivity index (χ1) is 7.68. The molecule has 2 rings (SSSR count). The van der Waals surface area contributed by atoms with Gasteiger partial charge in [-0.05, 0) is 28.8 Å². The Labute approximate surface area is 93.5 Å². The molecule has 0 aromatic heterocycles. The number of aryl methyl sites for hydroxylation is 1. The molecule has 2 aromatic carbocycles. The number of hydrogen-bond donors (Lipinski definition) is 2. The van der Waals surface area contributed by atoms with E-state index in [4.69, 9.17) is 10.8 Å². The quantitative estimate of drug-likeness (QED) is 0.773. The zero-order valence-electron chi connectivity index (χ0n) is 8.81. The van der Waals surface area contributed by atoms with Gasteiger partial charge in [-0.3, -0.25) is 4.79 Å². The summed E-state index contributed by atoms with van der Waals surface area (Å²) in [6.45, 7) is 0. The van der Waals surface area contributed by atoms with Crippen LogP contribution in [0.3, 0.4) is 0 Å². The van der Waals surface area contributed by atoms with E-state index in [0.29, 0.717) is 12.1 Å². The van der Waals surface area contributed by atoms with E-state index in [1.54, 1.807) is 0 Å². The molecule has 0 aliphatic rings. The van der Waals surface area contributed by atoms with Crippen molar-refractivity contribution in [2.75, 3.05) is 5.73 Å². The van der Waals surface area contributed by atoms with E-state index in [-0.39, 0.29) is 6.42 Å². The Hall–Kier alpha value is -2.03. The number of nitrogens with two attached hydrogens (primary N) is 1. The molecule has 0 fully saturated rings. The van der Waals surface area contributed by atoms with E-state index in [9.17, 15) is 4.79 Å². The van der Waals surface area contributed by atoms with E-state index in [0.717, 1.165) is 16.3 Å². The third kappa shape index (κ3) is 1.98. The maximum absolute atomic E-state index is 10.6. The molecule has 82 valence electrons. The zero-order valence-corrected chi connectivity index (χ0v) is 8.81. The summed E-state index contributed by atoms with van der Waals surface area (Å²) < 4.78 is 0. The molecule has 3 heteroatoms. The molecule has 0 aliphatic carbocycles. The van der Waals surface area contributed by atoms with Crippen LogP contribution in [0.15, 0.2) is 36.4 Å². The van der Waals surface area contributed by atoms with E-state index < -0.39 is 5.97 Å². The van der Waals surface area contributed by atoms with Crippen LogP contribution >= 0.6 is 0 Å². The number of carbonyl (C=O) groups is 1. The fourth-order valence-corrected chi connectivity index (χ4v) is 1.86. The minimum absolute atomic E-state index is 0.109. The lowest BCUT2D eigenvalue weighted by Crippen LogP contribution is -2.01. The Balaban J connectivity index is 2.48. The maximum Gasteiger partial charge on any atom is 0.303 e. The van der Waals surface area contributed by atoms with Gasteiger partial charge in [-0.2, -0.15) is 0 Å². The molecule has 0 unspecified atom stereocenters. The second-order valence-electron chi connectivity index (χ2n) is 3.75. The normalized spacial score (nSPS) is 10.5. The van der Waals surface area contributed by atoms with Gasteiger partial charge in [0.1, 0.15) is 0 Å². The molecule has 0 saturated heterocycles. The molecular formula is C13H13NO2. The molecule has 0 saturated carbocycles. The number of nitrogen functional groups attached to an aromatic ring is 1. The van der Waals surface area contributed by atoms with Gasteiger partial charge in [-0.15, -0.1) is 0 Å². The van der Waals surface area contributed by atoms with Gasteiger partial charge in [0, 0.05) is 12.1 Å². The lowest BCUT2D eigenvalue weighted by molar-refractivity contribution is -0.136. The van der Waals surface area contributed by atoms with Gasteiger partial charge < -0.3 is 10.8 Å². The molecule has 0 aliphatic heterocycles. The van der Waals surface area contributed by atoms with Crippen molar-refractivity contribution in [3.05, 3.63) is 42.0 Å². The van der Waals surface area contributed by atoms with Crippen LogP contribution in [0.4, 0.5) is 5.69 Å². The standard InChI is InChI=1S/C13H13NO2/c14-12-7-5-9-3-1-2-4-10(9)11(12)6-8-13(15)16/h1-5,7H,6,8,14H2,(H,15,16).